The number of hydrogen-bond donors (Lipinski definition) is 1. The Morgan fingerprint density at radius 3 is 2.86 bits per heavy atom. The van der Waals surface area contributed by atoms with E-state index in [4.69, 9.17) is 11.6 Å². The molecule has 0 bridgehead atoms. The van der Waals surface area contributed by atoms with Crippen molar-refractivity contribution in [3.05, 3.63) is 44.9 Å². The number of aryl methyl sites for hydroxylation is 2. The molecule has 0 aliphatic carbocycles. The Morgan fingerprint density at radius 2 is 2.14 bits per heavy atom. The average molecular weight is 369 g/mol. The van der Waals surface area contributed by atoms with E-state index >= 15 is 0 Å². The molecule has 2 heterocycles. The normalized spacial score (nSPS) is 10.9. The van der Waals surface area contributed by atoms with Gasteiger partial charge in [0.2, 0.25) is 5.13 Å². The van der Waals surface area contributed by atoms with Gasteiger partial charge in [0.15, 0.2) is 4.34 Å². The maximum atomic E-state index is 6.12. The third-order valence-corrected chi connectivity index (χ3v) is 6.07. The van der Waals surface area contributed by atoms with Gasteiger partial charge in [-0.15, -0.1) is 21.5 Å². The van der Waals surface area contributed by atoms with E-state index < -0.39 is 0 Å². The fourth-order valence-corrected chi connectivity index (χ4v) is 4.29. The highest BCUT2D eigenvalue weighted by Crippen LogP contribution is 2.31. The topological polar surface area (TPSA) is 50.7 Å². The van der Waals surface area contributed by atoms with Crippen LogP contribution in [0, 0.1) is 13.8 Å². The van der Waals surface area contributed by atoms with Crippen LogP contribution in [0.1, 0.15) is 16.3 Å². The fraction of sp³-hybridized carbons (Fsp3) is 0.214. The Morgan fingerprint density at radius 1 is 1.27 bits per heavy atom. The van der Waals surface area contributed by atoms with Crippen molar-refractivity contribution >= 4 is 56.9 Å². The Hall–Kier alpha value is -1.15. The molecular formula is C14H13ClN4S3. The van der Waals surface area contributed by atoms with Crippen molar-refractivity contribution < 1.29 is 0 Å². The van der Waals surface area contributed by atoms with Gasteiger partial charge in [-0.25, -0.2) is 4.98 Å². The van der Waals surface area contributed by atoms with Crippen LogP contribution in [0.2, 0.25) is 5.02 Å². The molecule has 22 heavy (non-hydrogen) atoms. The van der Waals surface area contributed by atoms with Crippen molar-refractivity contribution in [2.24, 2.45) is 0 Å². The second-order valence-electron chi connectivity index (χ2n) is 4.61. The zero-order valence-corrected chi connectivity index (χ0v) is 15.2. The van der Waals surface area contributed by atoms with Crippen LogP contribution in [-0.4, -0.2) is 15.2 Å². The second kappa shape index (κ2) is 6.95. The van der Waals surface area contributed by atoms with Crippen LogP contribution in [-0.2, 0) is 5.75 Å². The fourth-order valence-electron chi connectivity index (χ4n) is 1.72. The lowest BCUT2D eigenvalue weighted by atomic mass is 10.2. The quantitative estimate of drug-likeness (QED) is 0.619. The van der Waals surface area contributed by atoms with E-state index in [9.17, 15) is 0 Å². The van der Waals surface area contributed by atoms with Gasteiger partial charge in [-0.1, -0.05) is 40.8 Å². The lowest BCUT2D eigenvalue weighted by Gasteiger charge is -2.03. The van der Waals surface area contributed by atoms with E-state index in [0.717, 1.165) is 42.2 Å². The number of nitrogens with zero attached hydrogens (tertiary/aromatic N) is 3. The molecule has 0 amide bonds. The van der Waals surface area contributed by atoms with E-state index in [1.165, 1.54) is 11.3 Å². The number of aromatic nitrogens is 3. The lowest BCUT2D eigenvalue weighted by Crippen LogP contribution is -1.89. The van der Waals surface area contributed by atoms with Crippen LogP contribution >= 0.6 is 46.0 Å². The van der Waals surface area contributed by atoms with Crippen LogP contribution in [0.4, 0.5) is 10.8 Å². The molecule has 0 radical (unpaired) electrons. The molecule has 0 aliphatic rings. The zero-order valence-electron chi connectivity index (χ0n) is 12.0. The molecule has 3 rings (SSSR count). The molecule has 1 N–H and O–H groups in total. The molecule has 114 valence electrons. The number of benzene rings is 1. The molecule has 1 aromatic carbocycles. The van der Waals surface area contributed by atoms with E-state index in [1.54, 1.807) is 23.1 Å². The summed E-state index contributed by atoms with van der Waals surface area (Å²) in [6.07, 6.45) is 0. The van der Waals surface area contributed by atoms with Crippen LogP contribution in [0.3, 0.4) is 0 Å². The van der Waals surface area contributed by atoms with Gasteiger partial charge in [0.25, 0.3) is 0 Å². The minimum Gasteiger partial charge on any atom is -0.330 e. The molecule has 3 aromatic rings. The van der Waals surface area contributed by atoms with Crippen LogP contribution in [0.5, 0.6) is 0 Å². The highest BCUT2D eigenvalue weighted by atomic mass is 35.5. The summed E-state index contributed by atoms with van der Waals surface area (Å²) in [4.78, 5) is 4.44. The molecule has 0 saturated carbocycles. The van der Waals surface area contributed by atoms with Gasteiger partial charge >= 0.3 is 0 Å². The number of nitrogens with one attached hydrogen (secondary N) is 1. The standard InChI is InChI=1S/C14H13ClN4S3/c1-8-3-4-10(5-12(8)15)17-13-18-19-14(22-13)21-7-11-6-20-9(2)16-11/h3-6H,7H2,1-2H3,(H,17,18). The molecule has 4 nitrogen and oxygen atoms in total. The van der Waals surface area contributed by atoms with Crippen molar-refractivity contribution in [2.45, 2.75) is 23.9 Å². The minimum absolute atomic E-state index is 0.739. The Bertz CT molecular complexity index is 784. The summed E-state index contributed by atoms with van der Waals surface area (Å²) in [5.41, 5.74) is 3.06. The summed E-state index contributed by atoms with van der Waals surface area (Å²) in [7, 11) is 0. The molecule has 0 fully saturated rings. The van der Waals surface area contributed by atoms with Gasteiger partial charge in [0.05, 0.1) is 10.7 Å². The van der Waals surface area contributed by atoms with Gasteiger partial charge in [0, 0.05) is 21.8 Å². The molecule has 2 aromatic heterocycles. The summed E-state index contributed by atoms with van der Waals surface area (Å²) < 4.78 is 0.923. The third kappa shape index (κ3) is 3.98. The van der Waals surface area contributed by atoms with E-state index in [2.05, 4.69) is 25.9 Å². The molecule has 0 unspecified atom stereocenters. The first-order valence-electron chi connectivity index (χ1n) is 6.50. The summed E-state index contributed by atoms with van der Waals surface area (Å²) >= 11 is 11.0. The van der Waals surface area contributed by atoms with Crippen molar-refractivity contribution in [2.75, 3.05) is 5.32 Å². The highest BCUT2D eigenvalue weighted by Gasteiger charge is 2.07. The number of thioether (sulfide) groups is 1. The minimum atomic E-state index is 0.739. The van der Waals surface area contributed by atoms with Gasteiger partial charge < -0.3 is 5.32 Å². The summed E-state index contributed by atoms with van der Waals surface area (Å²) in [6.45, 7) is 3.99. The maximum Gasteiger partial charge on any atom is 0.210 e. The number of rotatable bonds is 5. The predicted molar refractivity (Wildman–Crippen MR) is 95.8 cm³/mol. The number of thiazole rings is 1. The summed E-state index contributed by atoms with van der Waals surface area (Å²) in [5, 5.41) is 16.2. The van der Waals surface area contributed by atoms with Crippen molar-refractivity contribution in [1.29, 1.82) is 0 Å². The molecule has 0 saturated heterocycles. The Labute approximate surface area is 146 Å². The van der Waals surface area contributed by atoms with Crippen LogP contribution in [0.25, 0.3) is 0 Å². The maximum absolute atomic E-state index is 6.12. The van der Waals surface area contributed by atoms with E-state index in [-0.39, 0.29) is 0 Å². The van der Waals surface area contributed by atoms with Gasteiger partial charge in [-0.2, -0.15) is 0 Å². The SMILES string of the molecule is Cc1nc(CSc2nnc(Nc3ccc(C)c(Cl)c3)s2)cs1. The third-order valence-electron chi connectivity index (χ3n) is 2.84. The smallest absolute Gasteiger partial charge is 0.210 e. The number of anilines is 2. The molecule has 0 atom stereocenters. The molecule has 0 aliphatic heterocycles. The molecular weight excluding hydrogens is 356 g/mol. The van der Waals surface area contributed by atoms with Gasteiger partial charge in [0.1, 0.15) is 0 Å². The first-order chi connectivity index (χ1) is 10.6. The molecule has 0 spiro atoms. The van der Waals surface area contributed by atoms with Gasteiger partial charge in [-0.3, -0.25) is 0 Å². The van der Waals surface area contributed by atoms with Crippen LogP contribution in [0.15, 0.2) is 27.9 Å². The second-order valence-corrected chi connectivity index (χ2v) is 8.28. The monoisotopic (exact) mass is 368 g/mol. The summed E-state index contributed by atoms with van der Waals surface area (Å²) in [6, 6.07) is 5.85. The van der Waals surface area contributed by atoms with E-state index in [1.807, 2.05) is 32.0 Å². The average Bonchev–Trinajstić information content (AvgIpc) is 3.10. The Kier molecular flexibility index (Phi) is 4.97. The molecule has 8 heteroatoms. The predicted octanol–water partition coefficient (Wildman–Crippen LogP) is 5.30. The Balaban J connectivity index is 1.62. The van der Waals surface area contributed by atoms with Crippen LogP contribution < -0.4 is 5.32 Å². The first-order valence-corrected chi connectivity index (χ1v) is 9.56. The largest absolute Gasteiger partial charge is 0.330 e. The van der Waals surface area contributed by atoms with Gasteiger partial charge in [-0.05, 0) is 31.5 Å². The number of hydrogen-bond acceptors (Lipinski definition) is 7. The van der Waals surface area contributed by atoms with E-state index in [0.29, 0.717) is 0 Å². The first kappa shape index (κ1) is 15.7. The number of halogens is 1. The lowest BCUT2D eigenvalue weighted by molar-refractivity contribution is 1.01. The van der Waals surface area contributed by atoms with Crippen molar-refractivity contribution in [3.8, 4) is 0 Å². The summed E-state index contributed by atoms with van der Waals surface area (Å²) in [5.74, 6) is 0.815. The highest BCUT2D eigenvalue weighted by molar-refractivity contribution is 8.00. The van der Waals surface area contributed by atoms with Crippen molar-refractivity contribution in [1.82, 2.24) is 15.2 Å². The zero-order chi connectivity index (χ0) is 15.5. The van der Waals surface area contributed by atoms with Crippen molar-refractivity contribution in [3.63, 3.8) is 0 Å².